The Morgan fingerprint density at radius 2 is 1.35 bits per heavy atom. The number of carboxylic acid groups (broad SMARTS) is 2. The summed E-state index contributed by atoms with van der Waals surface area (Å²) >= 11 is 0. The predicted octanol–water partition coefficient (Wildman–Crippen LogP) is 3.22. The van der Waals surface area contributed by atoms with Gasteiger partial charge in [-0.1, -0.05) is 48.0 Å². The van der Waals surface area contributed by atoms with Gasteiger partial charge in [0.05, 0.1) is 0 Å². The third kappa shape index (κ3) is 8.78. The number of phenolic OH excluding ortho intramolecular Hbond substituents is 1. The zero-order valence-corrected chi connectivity index (χ0v) is 20.4. The Hall–Kier alpha value is -2.94. The molecule has 0 heterocycles. The van der Waals surface area contributed by atoms with Crippen molar-refractivity contribution >= 4 is 11.9 Å². The Bertz CT molecular complexity index is 889. The Morgan fingerprint density at radius 3 is 1.79 bits per heavy atom. The Kier molecular flexibility index (Phi) is 11.7. The van der Waals surface area contributed by atoms with Gasteiger partial charge >= 0.3 is 11.9 Å². The molecule has 0 saturated carbocycles. The molecule has 0 aliphatic rings. The van der Waals surface area contributed by atoms with E-state index in [4.69, 9.17) is 20.4 Å². The largest absolute Gasteiger partial charge is 0.508 e. The summed E-state index contributed by atoms with van der Waals surface area (Å²) in [5.74, 6) is -2.93. The second kappa shape index (κ2) is 13.7. The van der Waals surface area contributed by atoms with Crippen molar-refractivity contribution in [1.82, 2.24) is 4.90 Å². The number of phenols is 1. The molecule has 2 aromatic carbocycles. The van der Waals surface area contributed by atoms with Gasteiger partial charge in [0.1, 0.15) is 5.75 Å². The summed E-state index contributed by atoms with van der Waals surface area (Å²) in [7, 11) is 0. The number of hydrogen-bond donors (Lipinski definition) is 5. The predicted molar refractivity (Wildman–Crippen MR) is 130 cm³/mol. The van der Waals surface area contributed by atoms with Crippen molar-refractivity contribution in [2.24, 2.45) is 0 Å². The minimum atomic E-state index is -2.27. The molecule has 1 unspecified atom stereocenters. The molecule has 0 radical (unpaired) electrons. The normalized spacial score (nSPS) is 13.8. The van der Waals surface area contributed by atoms with E-state index in [2.05, 4.69) is 69.9 Å². The van der Waals surface area contributed by atoms with Crippen molar-refractivity contribution in [3.8, 4) is 5.75 Å². The van der Waals surface area contributed by atoms with Crippen molar-refractivity contribution < 1.29 is 35.1 Å². The highest BCUT2D eigenvalue weighted by molar-refractivity contribution is 5.83. The van der Waals surface area contributed by atoms with E-state index in [1.807, 2.05) is 18.2 Å². The zero-order valence-electron chi connectivity index (χ0n) is 20.4. The molecule has 0 saturated heterocycles. The summed E-state index contributed by atoms with van der Waals surface area (Å²) in [5, 5.41) is 43.0. The summed E-state index contributed by atoms with van der Waals surface area (Å²) in [4.78, 5) is 22.1. The fraction of sp³-hybridized carbons (Fsp3) is 0.462. The highest BCUT2D eigenvalue weighted by Crippen LogP contribution is 2.35. The van der Waals surface area contributed by atoms with Gasteiger partial charge in [0, 0.05) is 23.6 Å². The van der Waals surface area contributed by atoms with Crippen LogP contribution in [0.1, 0.15) is 56.7 Å². The fourth-order valence-electron chi connectivity index (χ4n) is 3.80. The van der Waals surface area contributed by atoms with E-state index in [1.54, 1.807) is 0 Å². The average Bonchev–Trinajstić information content (AvgIpc) is 2.78. The lowest BCUT2D eigenvalue weighted by molar-refractivity contribution is -0.165. The van der Waals surface area contributed by atoms with Gasteiger partial charge in [0.25, 0.3) is 0 Å². The molecule has 8 heteroatoms. The first-order chi connectivity index (χ1) is 15.9. The van der Waals surface area contributed by atoms with Crippen LogP contribution in [-0.2, 0) is 9.59 Å². The first kappa shape index (κ1) is 29.1. The summed E-state index contributed by atoms with van der Waals surface area (Å²) in [5.41, 5.74) is 3.49. The maximum atomic E-state index is 10.4. The van der Waals surface area contributed by atoms with Gasteiger partial charge in [-0.25, -0.2) is 9.59 Å². The number of aromatic hydroxyl groups is 1. The van der Waals surface area contributed by atoms with Crippen LogP contribution in [-0.4, -0.2) is 73.2 Å². The van der Waals surface area contributed by atoms with Crippen molar-refractivity contribution in [2.45, 2.75) is 71.2 Å². The third-order valence-electron chi connectivity index (χ3n) is 5.57. The van der Waals surface area contributed by atoms with Gasteiger partial charge in [0.15, 0.2) is 12.2 Å². The molecular formula is C26H37NO7. The van der Waals surface area contributed by atoms with Crippen LogP contribution >= 0.6 is 0 Å². The number of aryl methyl sites for hydroxylation is 1. The first-order valence-corrected chi connectivity index (χ1v) is 11.3. The molecule has 2 rings (SSSR count). The molecule has 0 spiro atoms. The quantitative estimate of drug-likeness (QED) is 0.353. The molecular weight excluding hydrogens is 438 g/mol. The molecule has 0 aliphatic heterocycles. The summed E-state index contributed by atoms with van der Waals surface area (Å²) in [6, 6.07) is 17.5. The molecule has 0 amide bonds. The molecule has 2 aromatic rings. The van der Waals surface area contributed by atoms with Crippen molar-refractivity contribution in [2.75, 3.05) is 6.54 Å². The summed E-state index contributed by atoms with van der Waals surface area (Å²) in [6.45, 7) is 12.1. The maximum Gasteiger partial charge on any atom is 0.335 e. The fourth-order valence-corrected chi connectivity index (χ4v) is 3.80. The van der Waals surface area contributed by atoms with Gasteiger partial charge in [0.2, 0.25) is 0 Å². The molecule has 0 fully saturated rings. The number of aliphatic hydroxyl groups is 2. The van der Waals surface area contributed by atoms with E-state index < -0.39 is 24.1 Å². The van der Waals surface area contributed by atoms with E-state index in [9.17, 15) is 14.7 Å². The molecule has 3 atom stereocenters. The Morgan fingerprint density at radius 1 is 0.853 bits per heavy atom. The van der Waals surface area contributed by atoms with Crippen molar-refractivity contribution in [3.05, 3.63) is 65.2 Å². The van der Waals surface area contributed by atoms with E-state index >= 15 is 0 Å². The number of rotatable bonds is 10. The number of carboxylic acids is 2. The zero-order chi connectivity index (χ0) is 26.0. The van der Waals surface area contributed by atoms with Crippen LogP contribution in [0.15, 0.2) is 48.5 Å². The number of carbonyl (C=O) groups is 2. The van der Waals surface area contributed by atoms with Crippen LogP contribution < -0.4 is 0 Å². The van der Waals surface area contributed by atoms with Crippen LogP contribution in [0.3, 0.4) is 0 Å². The highest BCUT2D eigenvalue weighted by atomic mass is 16.4. The first-order valence-electron chi connectivity index (χ1n) is 11.3. The molecule has 34 heavy (non-hydrogen) atoms. The Balaban J connectivity index is 0.000000489. The van der Waals surface area contributed by atoms with Gasteiger partial charge in [-0.05, 0) is 59.2 Å². The molecule has 0 aliphatic carbocycles. The average molecular weight is 476 g/mol. The number of aliphatic hydroxyl groups excluding tert-OH is 2. The number of hydrogen-bond acceptors (Lipinski definition) is 6. The molecule has 0 aromatic heterocycles. The van der Waals surface area contributed by atoms with E-state index in [-0.39, 0.29) is 5.92 Å². The lowest BCUT2D eigenvalue weighted by atomic mass is 9.87. The second-order valence-electron chi connectivity index (χ2n) is 8.81. The van der Waals surface area contributed by atoms with Crippen LogP contribution in [0, 0.1) is 6.92 Å². The smallest absolute Gasteiger partial charge is 0.335 e. The minimum absolute atomic E-state index is 0.214. The van der Waals surface area contributed by atoms with Crippen LogP contribution in [0.2, 0.25) is 0 Å². The number of nitrogens with zero attached hydrogens (tertiary/aromatic N) is 1. The topological polar surface area (TPSA) is 139 Å². The Labute approximate surface area is 201 Å². The van der Waals surface area contributed by atoms with Gasteiger partial charge in [-0.15, -0.1) is 0 Å². The van der Waals surface area contributed by atoms with Gasteiger partial charge in [-0.2, -0.15) is 0 Å². The lowest BCUT2D eigenvalue weighted by Gasteiger charge is -2.32. The lowest BCUT2D eigenvalue weighted by Crippen LogP contribution is -2.39. The standard InChI is InChI=1S/C22H31NO.C4H6O6/c1-16(2)23(17(3)4)14-13-20(19-9-7-6-8-10-19)21-15-18(5)11-12-22(21)24;5-1(3(7)8)2(6)4(9)10/h6-12,15-17,20,24H,13-14H2,1-5H3;1-2,5-6H,(H,7,8)(H,9,10)/t;1-,2-/m.0/s1. The molecule has 8 nitrogen and oxygen atoms in total. The number of aliphatic carboxylic acids is 2. The summed E-state index contributed by atoms with van der Waals surface area (Å²) < 4.78 is 0. The van der Waals surface area contributed by atoms with E-state index in [1.165, 1.54) is 11.1 Å². The SMILES string of the molecule is Cc1ccc(O)c(C(CCN(C(C)C)C(C)C)c2ccccc2)c1.O=C(O)[C@@H](O)[C@H](O)C(=O)O. The third-order valence-corrected chi connectivity index (χ3v) is 5.57. The van der Waals surface area contributed by atoms with Crippen LogP contribution in [0.4, 0.5) is 0 Å². The van der Waals surface area contributed by atoms with E-state index in [0.29, 0.717) is 17.8 Å². The van der Waals surface area contributed by atoms with Gasteiger partial charge in [-0.3, -0.25) is 4.90 Å². The van der Waals surface area contributed by atoms with Crippen LogP contribution in [0.5, 0.6) is 5.75 Å². The van der Waals surface area contributed by atoms with Crippen molar-refractivity contribution in [3.63, 3.8) is 0 Å². The maximum absolute atomic E-state index is 10.4. The molecule has 5 N–H and O–H groups in total. The molecule has 188 valence electrons. The van der Waals surface area contributed by atoms with E-state index in [0.717, 1.165) is 18.5 Å². The molecule has 0 bridgehead atoms. The highest BCUT2D eigenvalue weighted by Gasteiger charge is 2.29. The van der Waals surface area contributed by atoms with Gasteiger partial charge < -0.3 is 25.5 Å². The number of benzene rings is 2. The minimum Gasteiger partial charge on any atom is -0.508 e. The monoisotopic (exact) mass is 475 g/mol. The van der Waals surface area contributed by atoms with Crippen molar-refractivity contribution in [1.29, 1.82) is 0 Å². The van der Waals surface area contributed by atoms with Crippen LogP contribution in [0.25, 0.3) is 0 Å². The summed E-state index contributed by atoms with van der Waals surface area (Å²) in [6.07, 6.45) is -3.54. The second-order valence-corrected chi connectivity index (χ2v) is 8.81.